The SMILES string of the molecule is CC1CCC(C(=O)O)C(N2CCS(=O)(=O)CC2)C1. The van der Waals surface area contributed by atoms with Gasteiger partial charge in [0.15, 0.2) is 9.84 Å². The Morgan fingerprint density at radius 1 is 1.22 bits per heavy atom. The Bertz CT molecular complexity index is 406. The second-order valence-corrected chi connectivity index (χ2v) is 7.92. The fourth-order valence-electron chi connectivity index (χ4n) is 3.10. The number of nitrogens with zero attached hydrogens (tertiary/aromatic N) is 1. The third kappa shape index (κ3) is 3.03. The fraction of sp³-hybridized carbons (Fsp3) is 0.917. The van der Waals surface area contributed by atoms with Crippen LogP contribution in [0.5, 0.6) is 0 Å². The molecule has 1 saturated heterocycles. The predicted molar refractivity (Wildman–Crippen MR) is 68.2 cm³/mol. The van der Waals surface area contributed by atoms with Crippen LogP contribution < -0.4 is 0 Å². The Morgan fingerprint density at radius 2 is 1.83 bits per heavy atom. The van der Waals surface area contributed by atoms with Crippen LogP contribution >= 0.6 is 0 Å². The Kier molecular flexibility index (Phi) is 3.96. The minimum absolute atomic E-state index is 0.0155. The number of sulfone groups is 1. The molecule has 1 N–H and O–H groups in total. The summed E-state index contributed by atoms with van der Waals surface area (Å²) in [4.78, 5) is 13.4. The largest absolute Gasteiger partial charge is 0.481 e. The maximum Gasteiger partial charge on any atom is 0.308 e. The third-order valence-electron chi connectivity index (χ3n) is 4.24. The summed E-state index contributed by atoms with van der Waals surface area (Å²) in [6.45, 7) is 3.12. The Balaban J connectivity index is 2.07. The minimum atomic E-state index is -2.89. The molecule has 1 aliphatic heterocycles. The number of carbonyl (C=O) groups is 1. The lowest BCUT2D eigenvalue weighted by Gasteiger charge is -2.41. The number of carboxylic acid groups (broad SMARTS) is 1. The van der Waals surface area contributed by atoms with Gasteiger partial charge in [0.25, 0.3) is 0 Å². The molecule has 6 heteroatoms. The van der Waals surface area contributed by atoms with Gasteiger partial charge in [-0.25, -0.2) is 8.42 Å². The molecule has 2 aliphatic rings. The first-order chi connectivity index (χ1) is 8.39. The third-order valence-corrected chi connectivity index (χ3v) is 5.85. The zero-order valence-corrected chi connectivity index (χ0v) is 11.5. The van der Waals surface area contributed by atoms with E-state index in [1.165, 1.54) is 0 Å². The smallest absolute Gasteiger partial charge is 0.308 e. The minimum Gasteiger partial charge on any atom is -0.481 e. The van der Waals surface area contributed by atoms with E-state index in [1.54, 1.807) is 0 Å². The van der Waals surface area contributed by atoms with Crippen LogP contribution in [0.25, 0.3) is 0 Å². The molecule has 1 saturated carbocycles. The molecule has 104 valence electrons. The van der Waals surface area contributed by atoms with Crippen LogP contribution in [0, 0.1) is 11.8 Å². The Labute approximate surface area is 108 Å². The second kappa shape index (κ2) is 5.17. The summed E-state index contributed by atoms with van der Waals surface area (Å²) in [5, 5.41) is 9.28. The molecule has 3 unspecified atom stereocenters. The van der Waals surface area contributed by atoms with Crippen molar-refractivity contribution in [1.82, 2.24) is 4.90 Å². The molecule has 2 rings (SSSR count). The summed E-state index contributed by atoms with van der Waals surface area (Å²) in [5.41, 5.74) is 0. The van der Waals surface area contributed by atoms with Crippen molar-refractivity contribution in [2.24, 2.45) is 11.8 Å². The first-order valence-corrected chi connectivity index (χ1v) is 8.38. The standard InChI is InChI=1S/C12H21NO4S/c1-9-2-3-10(12(14)15)11(8-9)13-4-6-18(16,17)7-5-13/h9-11H,2-8H2,1H3,(H,14,15). The van der Waals surface area contributed by atoms with E-state index in [9.17, 15) is 18.3 Å². The number of carboxylic acids is 1. The highest BCUT2D eigenvalue weighted by Crippen LogP contribution is 2.33. The molecular weight excluding hydrogens is 254 g/mol. The lowest BCUT2D eigenvalue weighted by atomic mass is 9.78. The lowest BCUT2D eigenvalue weighted by Crippen LogP contribution is -2.52. The highest BCUT2D eigenvalue weighted by molar-refractivity contribution is 7.91. The van der Waals surface area contributed by atoms with Gasteiger partial charge in [-0.2, -0.15) is 0 Å². The molecule has 0 aromatic carbocycles. The number of rotatable bonds is 2. The maximum absolute atomic E-state index is 11.4. The van der Waals surface area contributed by atoms with E-state index in [0.29, 0.717) is 25.4 Å². The molecule has 18 heavy (non-hydrogen) atoms. The Hall–Kier alpha value is -0.620. The van der Waals surface area contributed by atoms with Gasteiger partial charge in [0.1, 0.15) is 0 Å². The van der Waals surface area contributed by atoms with Gasteiger partial charge in [0.05, 0.1) is 17.4 Å². The molecule has 0 bridgehead atoms. The average Bonchev–Trinajstić information content (AvgIpc) is 2.28. The summed E-state index contributed by atoms with van der Waals surface area (Å²) < 4.78 is 22.8. The van der Waals surface area contributed by atoms with Crippen LogP contribution in [0.4, 0.5) is 0 Å². The van der Waals surface area contributed by atoms with Crippen LogP contribution in [0.3, 0.4) is 0 Å². The number of hydrogen-bond acceptors (Lipinski definition) is 4. The zero-order chi connectivity index (χ0) is 13.3. The van der Waals surface area contributed by atoms with E-state index < -0.39 is 15.8 Å². The van der Waals surface area contributed by atoms with Gasteiger partial charge in [0, 0.05) is 19.1 Å². The summed E-state index contributed by atoms with van der Waals surface area (Å²) in [6, 6.07) is 0.0155. The van der Waals surface area contributed by atoms with Gasteiger partial charge < -0.3 is 5.11 Å². The van der Waals surface area contributed by atoms with Crippen LogP contribution in [-0.2, 0) is 14.6 Å². The van der Waals surface area contributed by atoms with E-state index in [1.807, 2.05) is 0 Å². The van der Waals surface area contributed by atoms with Crippen LogP contribution in [0.1, 0.15) is 26.2 Å². The highest BCUT2D eigenvalue weighted by Gasteiger charge is 2.38. The van der Waals surface area contributed by atoms with Crippen molar-refractivity contribution in [3.8, 4) is 0 Å². The molecule has 0 aromatic rings. The molecule has 0 radical (unpaired) electrons. The molecule has 2 fully saturated rings. The molecule has 0 amide bonds. The first kappa shape index (κ1) is 13.8. The van der Waals surface area contributed by atoms with Crippen molar-refractivity contribution >= 4 is 15.8 Å². The normalized spacial score (nSPS) is 37.3. The van der Waals surface area contributed by atoms with E-state index in [0.717, 1.165) is 12.8 Å². The van der Waals surface area contributed by atoms with Crippen molar-refractivity contribution < 1.29 is 18.3 Å². The Morgan fingerprint density at radius 3 is 2.39 bits per heavy atom. The van der Waals surface area contributed by atoms with E-state index in [-0.39, 0.29) is 23.5 Å². The van der Waals surface area contributed by atoms with E-state index in [4.69, 9.17) is 0 Å². The van der Waals surface area contributed by atoms with Gasteiger partial charge in [-0.05, 0) is 25.2 Å². The van der Waals surface area contributed by atoms with Crippen LogP contribution in [0.15, 0.2) is 0 Å². The maximum atomic E-state index is 11.4. The number of aliphatic carboxylic acids is 1. The molecule has 1 aliphatic carbocycles. The van der Waals surface area contributed by atoms with Crippen LogP contribution in [0.2, 0.25) is 0 Å². The second-order valence-electron chi connectivity index (χ2n) is 5.62. The van der Waals surface area contributed by atoms with Gasteiger partial charge in [-0.15, -0.1) is 0 Å². The van der Waals surface area contributed by atoms with Gasteiger partial charge in [-0.1, -0.05) is 6.92 Å². The zero-order valence-electron chi connectivity index (χ0n) is 10.7. The molecule has 0 aromatic heterocycles. The van der Waals surface area contributed by atoms with E-state index >= 15 is 0 Å². The monoisotopic (exact) mass is 275 g/mol. The molecule has 1 heterocycles. The topological polar surface area (TPSA) is 74.7 Å². The van der Waals surface area contributed by atoms with Crippen molar-refractivity contribution in [2.75, 3.05) is 24.6 Å². The van der Waals surface area contributed by atoms with Crippen molar-refractivity contribution in [1.29, 1.82) is 0 Å². The van der Waals surface area contributed by atoms with Crippen LogP contribution in [-0.4, -0.2) is 55.0 Å². The average molecular weight is 275 g/mol. The lowest BCUT2D eigenvalue weighted by molar-refractivity contribution is -0.146. The number of hydrogen-bond donors (Lipinski definition) is 1. The van der Waals surface area contributed by atoms with Gasteiger partial charge >= 0.3 is 5.97 Å². The molecule has 3 atom stereocenters. The molecular formula is C12H21NO4S. The van der Waals surface area contributed by atoms with Crippen molar-refractivity contribution in [3.63, 3.8) is 0 Å². The molecule has 5 nitrogen and oxygen atoms in total. The summed E-state index contributed by atoms with van der Waals surface area (Å²) >= 11 is 0. The summed E-state index contributed by atoms with van der Waals surface area (Å²) in [7, 11) is -2.89. The van der Waals surface area contributed by atoms with Crippen molar-refractivity contribution in [3.05, 3.63) is 0 Å². The summed E-state index contributed by atoms with van der Waals surface area (Å²) in [6.07, 6.45) is 2.54. The van der Waals surface area contributed by atoms with Gasteiger partial charge in [-0.3, -0.25) is 9.69 Å². The molecule has 0 spiro atoms. The summed E-state index contributed by atoms with van der Waals surface area (Å²) in [5.74, 6) is -0.194. The van der Waals surface area contributed by atoms with E-state index in [2.05, 4.69) is 11.8 Å². The first-order valence-electron chi connectivity index (χ1n) is 6.56. The van der Waals surface area contributed by atoms with Gasteiger partial charge in [0.2, 0.25) is 0 Å². The quantitative estimate of drug-likeness (QED) is 0.799. The van der Waals surface area contributed by atoms with Crippen molar-refractivity contribution in [2.45, 2.75) is 32.2 Å². The fourth-order valence-corrected chi connectivity index (χ4v) is 4.33. The highest BCUT2D eigenvalue weighted by atomic mass is 32.2. The predicted octanol–water partition coefficient (Wildman–Crippen LogP) is 0.606.